The van der Waals surface area contributed by atoms with E-state index >= 15 is 0 Å². The van der Waals surface area contributed by atoms with Crippen molar-refractivity contribution >= 4 is 73.4 Å². The van der Waals surface area contributed by atoms with Crippen LogP contribution in [0.2, 0.25) is 0 Å². The van der Waals surface area contributed by atoms with Crippen LogP contribution in [0.3, 0.4) is 0 Å². The molecule has 38 heavy (non-hydrogen) atoms. The molecular formula is C26H29N3O6S3. The molecule has 3 aromatic rings. The molecule has 0 saturated heterocycles. The second kappa shape index (κ2) is 12.7. The molecule has 0 fully saturated rings. The van der Waals surface area contributed by atoms with Gasteiger partial charge in [-0.1, -0.05) is 17.4 Å². The van der Waals surface area contributed by atoms with Crippen molar-refractivity contribution in [1.29, 1.82) is 0 Å². The van der Waals surface area contributed by atoms with Crippen molar-refractivity contribution in [3.8, 4) is 0 Å². The number of nitrogens with zero attached hydrogens (tertiary/aromatic N) is 2. The van der Waals surface area contributed by atoms with Crippen molar-refractivity contribution in [2.45, 2.75) is 46.6 Å². The second-order valence-electron chi connectivity index (χ2n) is 8.58. The van der Waals surface area contributed by atoms with Crippen LogP contribution in [0.25, 0.3) is 10.2 Å². The molecule has 2 aromatic heterocycles. The average molecular weight is 576 g/mol. The highest BCUT2D eigenvalue weighted by molar-refractivity contribution is 8.00. The Labute approximate surface area is 232 Å². The minimum atomic E-state index is -0.418. The number of thiophene rings is 1. The number of ether oxygens (including phenoxy) is 2. The number of esters is 2. The Morgan fingerprint density at radius 2 is 1.87 bits per heavy atom. The minimum absolute atomic E-state index is 0.00816. The molecule has 1 aliphatic rings. The molecule has 1 aliphatic carbocycles. The highest BCUT2D eigenvalue weighted by Gasteiger charge is 2.28. The Morgan fingerprint density at radius 3 is 2.63 bits per heavy atom. The first-order chi connectivity index (χ1) is 18.3. The largest absolute Gasteiger partial charge is 0.465 e. The topological polar surface area (TPSA) is 116 Å². The number of carbonyl (C=O) groups is 4. The van der Waals surface area contributed by atoms with E-state index in [9.17, 15) is 19.2 Å². The van der Waals surface area contributed by atoms with E-state index in [4.69, 9.17) is 9.47 Å². The van der Waals surface area contributed by atoms with Crippen molar-refractivity contribution < 1.29 is 28.7 Å². The molecule has 0 atom stereocenters. The number of rotatable bonds is 10. The third kappa shape index (κ3) is 6.54. The van der Waals surface area contributed by atoms with Crippen LogP contribution in [0, 0.1) is 6.92 Å². The van der Waals surface area contributed by atoms with Crippen molar-refractivity contribution in [3.63, 3.8) is 0 Å². The molecule has 0 unspecified atom stereocenters. The van der Waals surface area contributed by atoms with Gasteiger partial charge in [0.1, 0.15) is 11.5 Å². The van der Waals surface area contributed by atoms with Gasteiger partial charge in [-0.2, -0.15) is 4.99 Å². The summed E-state index contributed by atoms with van der Waals surface area (Å²) in [5.74, 6) is -1.52. The number of anilines is 1. The third-order valence-corrected chi connectivity index (χ3v) is 8.93. The SMILES string of the molecule is CCOC(=O)Cn1c(=NC(=O)CSCC(=O)Nc2sc3c(c2C(=O)OCC)CCC3)sc2cc(C)ccc21. The van der Waals surface area contributed by atoms with E-state index in [-0.39, 0.29) is 37.2 Å². The number of nitrogens with one attached hydrogen (secondary N) is 1. The van der Waals surface area contributed by atoms with Gasteiger partial charge in [0.25, 0.3) is 5.91 Å². The number of benzene rings is 1. The Bertz CT molecular complexity index is 1450. The molecule has 12 heteroatoms. The first-order valence-electron chi connectivity index (χ1n) is 12.3. The van der Waals surface area contributed by atoms with Crippen LogP contribution in [0.4, 0.5) is 5.00 Å². The van der Waals surface area contributed by atoms with Crippen molar-refractivity contribution in [2.24, 2.45) is 4.99 Å². The van der Waals surface area contributed by atoms with Gasteiger partial charge in [0, 0.05) is 4.88 Å². The summed E-state index contributed by atoms with van der Waals surface area (Å²) in [4.78, 5) is 55.7. The lowest BCUT2D eigenvalue weighted by atomic mass is 10.1. The predicted molar refractivity (Wildman–Crippen MR) is 150 cm³/mol. The number of thiazole rings is 1. The van der Waals surface area contributed by atoms with E-state index in [1.807, 2.05) is 25.1 Å². The number of hydrogen-bond acceptors (Lipinski definition) is 9. The summed E-state index contributed by atoms with van der Waals surface area (Å²) in [5, 5.41) is 3.34. The summed E-state index contributed by atoms with van der Waals surface area (Å²) >= 11 is 3.88. The molecule has 4 rings (SSSR count). The van der Waals surface area contributed by atoms with Crippen LogP contribution in [-0.2, 0) is 43.2 Å². The van der Waals surface area contributed by atoms with Crippen LogP contribution < -0.4 is 10.1 Å². The van der Waals surface area contributed by atoms with Crippen LogP contribution in [0.5, 0.6) is 0 Å². The molecule has 2 heterocycles. The molecule has 0 radical (unpaired) electrons. The molecule has 0 spiro atoms. The standard InChI is InChI=1S/C26H29N3O6S3/c1-4-34-22(32)12-29-17-10-9-15(3)11-19(17)38-26(29)28-21(31)14-36-13-20(30)27-24-23(25(33)35-5-2)16-7-6-8-18(16)37-24/h9-11H,4-8,12-14H2,1-3H3,(H,27,30). The van der Waals surface area contributed by atoms with E-state index in [0.29, 0.717) is 15.4 Å². The highest BCUT2D eigenvalue weighted by atomic mass is 32.2. The van der Waals surface area contributed by atoms with Gasteiger partial charge in [-0.25, -0.2) is 4.79 Å². The van der Waals surface area contributed by atoms with E-state index in [0.717, 1.165) is 57.2 Å². The van der Waals surface area contributed by atoms with Gasteiger partial charge in [0.15, 0.2) is 4.80 Å². The smallest absolute Gasteiger partial charge is 0.341 e. The molecule has 0 aliphatic heterocycles. The monoisotopic (exact) mass is 575 g/mol. The van der Waals surface area contributed by atoms with E-state index in [2.05, 4.69) is 10.3 Å². The number of carbonyl (C=O) groups excluding carboxylic acids is 4. The van der Waals surface area contributed by atoms with Crippen molar-refractivity contribution in [3.05, 3.63) is 44.6 Å². The van der Waals surface area contributed by atoms with Gasteiger partial charge in [-0.05, 0) is 63.3 Å². The minimum Gasteiger partial charge on any atom is -0.465 e. The van der Waals surface area contributed by atoms with E-state index < -0.39 is 17.8 Å². The van der Waals surface area contributed by atoms with Gasteiger partial charge in [0.2, 0.25) is 5.91 Å². The van der Waals surface area contributed by atoms with Crippen molar-refractivity contribution in [2.75, 3.05) is 30.0 Å². The zero-order chi connectivity index (χ0) is 27.2. The third-order valence-electron chi connectivity index (χ3n) is 5.76. The lowest BCUT2D eigenvalue weighted by Crippen LogP contribution is -2.23. The van der Waals surface area contributed by atoms with Gasteiger partial charge in [0.05, 0.1) is 40.5 Å². The van der Waals surface area contributed by atoms with Crippen LogP contribution in [-0.4, -0.2) is 53.0 Å². The number of amides is 2. The van der Waals surface area contributed by atoms with E-state index in [1.54, 1.807) is 18.4 Å². The molecule has 0 bridgehead atoms. The van der Waals surface area contributed by atoms with Gasteiger partial charge in [-0.15, -0.1) is 23.1 Å². The lowest BCUT2D eigenvalue weighted by molar-refractivity contribution is -0.143. The van der Waals surface area contributed by atoms with Gasteiger partial charge < -0.3 is 19.4 Å². The Hall–Kier alpha value is -2.96. The summed E-state index contributed by atoms with van der Waals surface area (Å²) in [7, 11) is 0. The lowest BCUT2D eigenvalue weighted by Gasteiger charge is -2.07. The second-order valence-corrected chi connectivity index (χ2v) is 11.7. The summed E-state index contributed by atoms with van der Waals surface area (Å²) in [6.07, 6.45) is 2.68. The van der Waals surface area contributed by atoms with Gasteiger partial charge >= 0.3 is 11.9 Å². The number of aromatic nitrogens is 1. The van der Waals surface area contributed by atoms with E-state index in [1.165, 1.54) is 22.7 Å². The number of thioether (sulfide) groups is 1. The molecule has 202 valence electrons. The Kier molecular flexibility index (Phi) is 9.40. The van der Waals surface area contributed by atoms with Crippen LogP contribution in [0.1, 0.15) is 46.6 Å². The molecule has 0 saturated carbocycles. The summed E-state index contributed by atoms with van der Waals surface area (Å²) in [6.45, 7) is 5.93. The summed E-state index contributed by atoms with van der Waals surface area (Å²) < 4.78 is 12.9. The average Bonchev–Trinajstić information content (AvgIpc) is 3.52. The first kappa shape index (κ1) is 28.1. The number of hydrogen-bond donors (Lipinski definition) is 1. The fourth-order valence-corrected chi connectivity index (χ4v) is 7.24. The zero-order valence-corrected chi connectivity index (χ0v) is 23.9. The maximum Gasteiger partial charge on any atom is 0.341 e. The molecule has 1 aromatic carbocycles. The quantitative estimate of drug-likeness (QED) is 0.362. The highest BCUT2D eigenvalue weighted by Crippen LogP contribution is 2.39. The molecule has 1 N–H and O–H groups in total. The molecule has 9 nitrogen and oxygen atoms in total. The maximum atomic E-state index is 12.7. The normalized spacial score (nSPS) is 13.0. The Balaban J connectivity index is 1.42. The number of fused-ring (bicyclic) bond motifs is 2. The predicted octanol–water partition coefficient (Wildman–Crippen LogP) is 4.10. The Morgan fingerprint density at radius 1 is 1.08 bits per heavy atom. The summed E-state index contributed by atoms with van der Waals surface area (Å²) in [6, 6.07) is 5.82. The zero-order valence-electron chi connectivity index (χ0n) is 21.5. The fourth-order valence-electron chi connectivity index (χ4n) is 4.20. The number of aryl methyl sites for hydroxylation is 2. The van der Waals surface area contributed by atoms with Crippen LogP contribution in [0.15, 0.2) is 23.2 Å². The van der Waals surface area contributed by atoms with Crippen molar-refractivity contribution in [1.82, 2.24) is 4.57 Å². The first-order valence-corrected chi connectivity index (χ1v) is 15.1. The molecular weight excluding hydrogens is 547 g/mol. The fraction of sp³-hybridized carbons (Fsp3) is 0.423. The maximum absolute atomic E-state index is 12.7. The van der Waals surface area contributed by atoms with Crippen LogP contribution >= 0.6 is 34.4 Å². The molecule has 2 amide bonds. The summed E-state index contributed by atoms with van der Waals surface area (Å²) in [5.41, 5.74) is 3.29. The van der Waals surface area contributed by atoms with Gasteiger partial charge in [-0.3, -0.25) is 14.4 Å².